The Kier molecular flexibility index (Phi) is 6.70. The van der Waals surface area contributed by atoms with Gasteiger partial charge in [0.1, 0.15) is 6.54 Å². The highest BCUT2D eigenvalue weighted by atomic mass is 35.6. The van der Waals surface area contributed by atoms with Crippen LogP contribution in [0.15, 0.2) is 17.5 Å². The van der Waals surface area contributed by atoms with Gasteiger partial charge in [-0.15, -0.1) is 11.3 Å². The first-order chi connectivity index (χ1) is 8.45. The maximum atomic E-state index is 11.9. The summed E-state index contributed by atoms with van der Waals surface area (Å²) in [4.78, 5) is 12.4. The number of nitrogens with two attached hydrogens (primary N) is 1. The number of hydrogen-bond donors (Lipinski definition) is 2. The molecule has 0 aliphatic rings. The van der Waals surface area contributed by atoms with Crippen molar-refractivity contribution < 1.29 is 14.8 Å². The predicted octanol–water partition coefficient (Wildman–Crippen LogP) is 1.38. The summed E-state index contributed by atoms with van der Waals surface area (Å²) in [5.74, 6) is -0.255. The molecule has 0 saturated heterocycles. The van der Waals surface area contributed by atoms with Crippen LogP contribution in [0.1, 0.15) is 9.67 Å². The number of carbonyl (C=O) groups excluding carboxylic acids is 1. The quantitative estimate of drug-likeness (QED) is 0.470. The van der Waals surface area contributed by atoms with Crippen LogP contribution in [0.5, 0.6) is 0 Å². The molecule has 4 nitrogen and oxygen atoms in total. The SMILES string of the molecule is COCC[NH2+][C@H](NC(=O)c1cccs1)C(Cl)(Cl)Cl. The van der Waals surface area contributed by atoms with E-state index in [0.717, 1.165) is 0 Å². The van der Waals surface area contributed by atoms with Gasteiger partial charge in [-0.1, -0.05) is 40.9 Å². The largest absolute Gasteiger partial charge is 0.379 e. The molecule has 1 rings (SSSR count). The number of alkyl halides is 3. The van der Waals surface area contributed by atoms with E-state index in [0.29, 0.717) is 18.0 Å². The number of nitrogens with one attached hydrogen (secondary N) is 1. The van der Waals surface area contributed by atoms with E-state index in [-0.39, 0.29) is 5.91 Å². The third-order valence-corrected chi connectivity index (χ3v) is 3.68. The lowest BCUT2D eigenvalue weighted by Gasteiger charge is -2.22. The lowest BCUT2D eigenvalue weighted by Crippen LogP contribution is -2.97. The maximum Gasteiger partial charge on any atom is 0.265 e. The highest BCUT2D eigenvalue weighted by Gasteiger charge is 2.37. The van der Waals surface area contributed by atoms with Gasteiger partial charge >= 0.3 is 0 Å². The molecule has 18 heavy (non-hydrogen) atoms. The molecule has 0 saturated carbocycles. The number of methoxy groups -OCH3 is 1. The molecule has 0 aliphatic carbocycles. The normalized spacial score (nSPS) is 13.3. The van der Waals surface area contributed by atoms with Crippen LogP contribution in [-0.4, -0.2) is 36.1 Å². The van der Waals surface area contributed by atoms with Crippen molar-refractivity contribution in [3.8, 4) is 0 Å². The zero-order valence-electron chi connectivity index (χ0n) is 9.66. The van der Waals surface area contributed by atoms with E-state index in [1.165, 1.54) is 11.3 Å². The number of amides is 1. The second-order valence-electron chi connectivity index (χ2n) is 3.49. The van der Waals surface area contributed by atoms with Gasteiger partial charge in [-0.2, -0.15) is 0 Å². The van der Waals surface area contributed by atoms with Crippen LogP contribution in [0.3, 0.4) is 0 Å². The maximum absolute atomic E-state index is 11.9. The van der Waals surface area contributed by atoms with Crippen LogP contribution in [0.25, 0.3) is 0 Å². The van der Waals surface area contributed by atoms with Crippen molar-refractivity contribution in [2.45, 2.75) is 9.96 Å². The summed E-state index contributed by atoms with van der Waals surface area (Å²) in [5.41, 5.74) is 0. The molecule has 0 unspecified atom stereocenters. The molecule has 0 bridgehead atoms. The smallest absolute Gasteiger partial charge is 0.265 e. The number of hydrogen-bond acceptors (Lipinski definition) is 3. The van der Waals surface area contributed by atoms with Gasteiger partial charge in [-0.05, 0) is 11.4 Å². The van der Waals surface area contributed by atoms with Crippen molar-refractivity contribution in [1.29, 1.82) is 0 Å². The Balaban J connectivity index is 2.58. The lowest BCUT2D eigenvalue weighted by molar-refractivity contribution is -0.692. The van der Waals surface area contributed by atoms with Crippen molar-refractivity contribution >= 4 is 52.0 Å². The molecule has 1 heterocycles. The molecule has 0 radical (unpaired) electrons. The summed E-state index contributed by atoms with van der Waals surface area (Å²) < 4.78 is 3.33. The average Bonchev–Trinajstić information content (AvgIpc) is 2.79. The zero-order valence-corrected chi connectivity index (χ0v) is 12.7. The molecule has 3 N–H and O–H groups in total. The van der Waals surface area contributed by atoms with Gasteiger partial charge < -0.3 is 10.1 Å². The molecule has 1 amide bonds. The fourth-order valence-corrected chi connectivity index (χ4v) is 2.30. The molecule has 0 aliphatic heterocycles. The third kappa shape index (κ3) is 5.30. The highest BCUT2D eigenvalue weighted by Crippen LogP contribution is 2.27. The van der Waals surface area contributed by atoms with Crippen molar-refractivity contribution in [3.05, 3.63) is 22.4 Å². The Morgan fingerprint density at radius 1 is 1.61 bits per heavy atom. The summed E-state index contributed by atoms with van der Waals surface area (Å²) in [7, 11) is 1.59. The molecule has 0 spiro atoms. The Hall–Kier alpha value is -0.0400. The number of quaternary nitrogens is 1. The van der Waals surface area contributed by atoms with Gasteiger partial charge in [0.05, 0.1) is 11.5 Å². The van der Waals surface area contributed by atoms with E-state index in [1.54, 1.807) is 24.6 Å². The van der Waals surface area contributed by atoms with E-state index in [2.05, 4.69) is 5.32 Å². The summed E-state index contributed by atoms with van der Waals surface area (Å²) in [5, 5.41) is 6.22. The first kappa shape index (κ1) is 16.0. The molecular weight excluding hydrogens is 319 g/mol. The molecule has 0 fully saturated rings. The number of halogens is 3. The van der Waals surface area contributed by atoms with E-state index in [4.69, 9.17) is 39.5 Å². The Morgan fingerprint density at radius 3 is 2.83 bits per heavy atom. The van der Waals surface area contributed by atoms with E-state index < -0.39 is 9.96 Å². The first-order valence-electron chi connectivity index (χ1n) is 5.18. The van der Waals surface area contributed by atoms with E-state index in [1.807, 2.05) is 5.38 Å². The number of ether oxygens (including phenoxy) is 1. The van der Waals surface area contributed by atoms with Crippen LogP contribution in [0.2, 0.25) is 0 Å². The third-order valence-electron chi connectivity index (χ3n) is 2.11. The van der Waals surface area contributed by atoms with Crippen molar-refractivity contribution in [1.82, 2.24) is 5.32 Å². The van der Waals surface area contributed by atoms with Crippen molar-refractivity contribution in [2.24, 2.45) is 0 Å². The molecule has 1 atom stereocenters. The standard InChI is InChI=1S/C10H13Cl3N2O2S/c1-17-5-4-14-9(10(11,12)13)15-8(16)7-3-2-6-18-7/h2-3,6,9,14H,4-5H2,1H3,(H,15,16)/p+1/t9-/m1/s1. The van der Waals surface area contributed by atoms with E-state index >= 15 is 0 Å². The van der Waals surface area contributed by atoms with Crippen molar-refractivity contribution in [2.75, 3.05) is 20.3 Å². The van der Waals surface area contributed by atoms with Gasteiger partial charge in [0.15, 0.2) is 0 Å². The average molecular weight is 333 g/mol. The van der Waals surface area contributed by atoms with Crippen LogP contribution < -0.4 is 10.6 Å². The summed E-state index contributed by atoms with van der Waals surface area (Å²) >= 11 is 18.8. The molecule has 102 valence electrons. The minimum atomic E-state index is -1.58. The predicted molar refractivity (Wildman–Crippen MR) is 74.5 cm³/mol. The van der Waals surface area contributed by atoms with Crippen LogP contribution in [0.4, 0.5) is 0 Å². The van der Waals surface area contributed by atoms with Crippen LogP contribution >= 0.6 is 46.1 Å². The summed E-state index contributed by atoms with van der Waals surface area (Å²) in [6, 6.07) is 3.50. The fraction of sp³-hybridized carbons (Fsp3) is 0.500. The molecular formula is C10H14Cl3N2O2S+. The lowest BCUT2D eigenvalue weighted by atomic mass is 10.4. The Morgan fingerprint density at radius 2 is 2.33 bits per heavy atom. The van der Waals surface area contributed by atoms with Gasteiger partial charge in [0, 0.05) is 7.11 Å². The van der Waals surface area contributed by atoms with Crippen LogP contribution in [0, 0.1) is 0 Å². The molecule has 0 aromatic carbocycles. The molecule has 1 aromatic rings. The van der Waals surface area contributed by atoms with Gasteiger partial charge in [0.25, 0.3) is 9.70 Å². The van der Waals surface area contributed by atoms with Crippen LogP contribution in [-0.2, 0) is 4.74 Å². The highest BCUT2D eigenvalue weighted by molar-refractivity contribution is 7.12. The number of rotatable bonds is 6. The monoisotopic (exact) mass is 331 g/mol. The summed E-state index contributed by atoms with van der Waals surface area (Å²) in [6.45, 7) is 1.09. The minimum absolute atomic E-state index is 0.255. The minimum Gasteiger partial charge on any atom is -0.379 e. The van der Waals surface area contributed by atoms with Crippen molar-refractivity contribution in [3.63, 3.8) is 0 Å². The molecule has 8 heteroatoms. The fourth-order valence-electron chi connectivity index (χ4n) is 1.25. The van der Waals surface area contributed by atoms with Gasteiger partial charge in [-0.3, -0.25) is 10.1 Å². The number of carbonyl (C=O) groups is 1. The number of thiophene rings is 1. The first-order valence-corrected chi connectivity index (χ1v) is 7.20. The second-order valence-corrected chi connectivity index (χ2v) is 6.80. The van der Waals surface area contributed by atoms with Gasteiger partial charge in [0.2, 0.25) is 6.17 Å². The zero-order chi connectivity index (χ0) is 13.6. The molecule has 1 aromatic heterocycles. The van der Waals surface area contributed by atoms with E-state index in [9.17, 15) is 4.79 Å². The topological polar surface area (TPSA) is 54.9 Å². The Bertz CT molecular complexity index is 368. The second kappa shape index (κ2) is 7.53. The summed E-state index contributed by atoms with van der Waals surface area (Å²) in [6.07, 6.45) is -0.660. The Labute approximate surface area is 125 Å². The van der Waals surface area contributed by atoms with Gasteiger partial charge in [-0.25, -0.2) is 0 Å².